The van der Waals surface area contributed by atoms with E-state index in [2.05, 4.69) is 6.58 Å². The number of carbonyl (C=O) groups excluding carboxylic acids is 2. The van der Waals surface area contributed by atoms with Gasteiger partial charge < -0.3 is 19.7 Å². The quantitative estimate of drug-likeness (QED) is 0.701. The molecule has 0 aliphatic heterocycles. The summed E-state index contributed by atoms with van der Waals surface area (Å²) in [6.45, 7) is 12.8. The van der Waals surface area contributed by atoms with Crippen LogP contribution < -0.4 is 0 Å². The van der Waals surface area contributed by atoms with E-state index in [4.69, 9.17) is 14.6 Å². The lowest BCUT2D eigenvalue weighted by Crippen LogP contribution is -2.52. The van der Waals surface area contributed by atoms with Crippen LogP contribution >= 0.6 is 0 Å². The predicted octanol–water partition coefficient (Wildman–Crippen LogP) is 2.80. The van der Waals surface area contributed by atoms with Crippen molar-refractivity contribution in [2.45, 2.75) is 65.2 Å². The molecule has 0 bridgehead atoms. The van der Waals surface area contributed by atoms with Gasteiger partial charge in [0, 0.05) is 6.61 Å². The minimum Gasteiger partial charge on any atom is -0.481 e. The highest BCUT2D eigenvalue weighted by Crippen LogP contribution is 2.23. The molecule has 0 aromatic carbocycles. The van der Waals surface area contributed by atoms with Gasteiger partial charge in [0.1, 0.15) is 11.2 Å². The molecule has 0 saturated heterocycles. The van der Waals surface area contributed by atoms with Gasteiger partial charge in [-0.15, -0.1) is 6.58 Å². The normalized spacial score (nSPS) is 14.2. The number of carboxylic acid groups (broad SMARTS) is 1. The molecule has 0 unspecified atom stereocenters. The Labute approximate surface area is 148 Å². The number of aliphatic hydroxyl groups is 1. The Bertz CT molecular complexity index is 474. The monoisotopic (exact) mass is 359 g/mol. The van der Waals surface area contributed by atoms with Crippen molar-refractivity contribution in [1.82, 2.24) is 4.90 Å². The summed E-state index contributed by atoms with van der Waals surface area (Å²) in [7, 11) is 0. The maximum absolute atomic E-state index is 12.5. The van der Waals surface area contributed by atoms with Crippen LogP contribution in [0, 0.1) is 5.92 Å². The summed E-state index contributed by atoms with van der Waals surface area (Å²) in [5.74, 6) is -2.53. The van der Waals surface area contributed by atoms with E-state index in [1.165, 1.54) is 0 Å². The summed E-state index contributed by atoms with van der Waals surface area (Å²) >= 11 is 0. The van der Waals surface area contributed by atoms with Crippen molar-refractivity contribution >= 4 is 18.2 Å². The average molecular weight is 359 g/mol. The number of carbonyl (C=O) groups is 3. The van der Waals surface area contributed by atoms with Gasteiger partial charge in [0.05, 0.1) is 12.0 Å². The smallest absolute Gasteiger partial charge is 0.420 e. The van der Waals surface area contributed by atoms with Crippen molar-refractivity contribution in [3.05, 3.63) is 12.7 Å². The molecule has 2 amide bonds. The zero-order valence-electron chi connectivity index (χ0n) is 15.7. The van der Waals surface area contributed by atoms with Gasteiger partial charge in [-0.2, -0.15) is 0 Å². The highest BCUT2D eigenvalue weighted by molar-refractivity contribution is 5.90. The fourth-order valence-electron chi connectivity index (χ4n) is 1.97. The molecule has 2 N–H and O–H groups in total. The molecular formula is C17H29NO7. The van der Waals surface area contributed by atoms with Crippen molar-refractivity contribution in [3.8, 4) is 0 Å². The zero-order chi connectivity index (χ0) is 20.0. The Hall–Kier alpha value is -2.09. The van der Waals surface area contributed by atoms with E-state index in [9.17, 15) is 19.5 Å². The van der Waals surface area contributed by atoms with Gasteiger partial charge in [-0.05, 0) is 48.0 Å². The van der Waals surface area contributed by atoms with Crippen LogP contribution in [-0.4, -0.2) is 57.1 Å². The van der Waals surface area contributed by atoms with Crippen LogP contribution in [0.25, 0.3) is 0 Å². The molecule has 0 spiro atoms. The second kappa shape index (κ2) is 8.84. The Balaban J connectivity index is 5.88. The molecule has 8 nitrogen and oxygen atoms in total. The fourth-order valence-corrected chi connectivity index (χ4v) is 1.97. The van der Waals surface area contributed by atoms with Crippen LogP contribution in [0.4, 0.5) is 9.59 Å². The van der Waals surface area contributed by atoms with Crippen LogP contribution in [0.15, 0.2) is 12.7 Å². The number of imide groups is 1. The molecule has 0 fully saturated rings. The minimum atomic E-state index is -1.28. The summed E-state index contributed by atoms with van der Waals surface area (Å²) < 4.78 is 10.4. The van der Waals surface area contributed by atoms with E-state index >= 15 is 0 Å². The van der Waals surface area contributed by atoms with Gasteiger partial charge >= 0.3 is 18.2 Å². The van der Waals surface area contributed by atoms with Gasteiger partial charge in [0.2, 0.25) is 0 Å². The molecule has 8 heteroatoms. The lowest BCUT2D eigenvalue weighted by Gasteiger charge is -2.34. The Morgan fingerprint density at radius 3 is 1.68 bits per heavy atom. The summed E-state index contributed by atoms with van der Waals surface area (Å²) in [6, 6.07) is -1.24. The molecule has 25 heavy (non-hydrogen) atoms. The summed E-state index contributed by atoms with van der Waals surface area (Å²) in [6.07, 6.45) is -1.11. The van der Waals surface area contributed by atoms with Gasteiger partial charge in [-0.1, -0.05) is 6.08 Å². The number of nitrogens with zero attached hydrogens (tertiary/aromatic N) is 1. The first kappa shape index (κ1) is 22.9. The van der Waals surface area contributed by atoms with Crippen molar-refractivity contribution in [2.24, 2.45) is 5.92 Å². The third-order valence-corrected chi connectivity index (χ3v) is 2.89. The number of amides is 2. The molecule has 0 heterocycles. The molecule has 0 rings (SSSR count). The number of hydrogen-bond donors (Lipinski definition) is 2. The lowest BCUT2D eigenvalue weighted by atomic mass is 9.95. The lowest BCUT2D eigenvalue weighted by molar-refractivity contribution is -0.143. The zero-order valence-corrected chi connectivity index (χ0v) is 15.7. The van der Waals surface area contributed by atoms with Gasteiger partial charge in [0.15, 0.2) is 0 Å². The topological polar surface area (TPSA) is 113 Å². The van der Waals surface area contributed by atoms with Crippen molar-refractivity contribution < 1.29 is 34.1 Å². The van der Waals surface area contributed by atoms with Crippen LogP contribution in [0.2, 0.25) is 0 Å². The third-order valence-electron chi connectivity index (χ3n) is 2.89. The van der Waals surface area contributed by atoms with E-state index in [0.717, 1.165) is 6.08 Å². The van der Waals surface area contributed by atoms with E-state index < -0.39 is 47.9 Å². The van der Waals surface area contributed by atoms with E-state index in [1.54, 1.807) is 41.5 Å². The number of ether oxygens (including phenoxy) is 2. The van der Waals surface area contributed by atoms with Crippen molar-refractivity contribution in [3.63, 3.8) is 0 Å². The maximum atomic E-state index is 12.5. The number of carboxylic acids is 1. The molecule has 0 saturated carbocycles. The second-order valence-corrected chi connectivity index (χ2v) is 7.51. The first-order valence-corrected chi connectivity index (χ1v) is 7.95. The molecule has 0 aromatic heterocycles. The van der Waals surface area contributed by atoms with Crippen molar-refractivity contribution in [1.29, 1.82) is 0 Å². The Kier molecular flexibility index (Phi) is 8.11. The number of aliphatic hydroxyl groups excluding tert-OH is 1. The predicted molar refractivity (Wildman–Crippen MR) is 91.1 cm³/mol. The molecule has 0 aromatic rings. The minimum absolute atomic E-state index is 0.173. The molecule has 0 aliphatic carbocycles. The highest BCUT2D eigenvalue weighted by Gasteiger charge is 2.41. The maximum Gasteiger partial charge on any atom is 0.420 e. The molecular weight excluding hydrogens is 330 g/mol. The van der Waals surface area contributed by atoms with E-state index in [0.29, 0.717) is 4.90 Å². The first-order valence-electron chi connectivity index (χ1n) is 7.95. The standard InChI is InChI=1S/C17H29NO7/c1-8-12(11(9-10-19)13(20)21)18(14(22)24-16(2,3)4)15(23)25-17(5,6)7/h8,11-12,19H,1,9-10H2,2-7H3,(H,20,21)/t11-,12-/m0/s1. The van der Waals surface area contributed by atoms with Gasteiger partial charge in [-0.25, -0.2) is 14.5 Å². The third kappa shape index (κ3) is 8.02. The summed E-state index contributed by atoms with van der Waals surface area (Å²) in [5.41, 5.74) is -1.81. The highest BCUT2D eigenvalue weighted by atomic mass is 16.6. The largest absolute Gasteiger partial charge is 0.481 e. The molecule has 144 valence electrons. The molecule has 0 radical (unpaired) electrons. The number of rotatable bonds is 6. The first-order chi connectivity index (χ1) is 11.2. The van der Waals surface area contributed by atoms with Gasteiger partial charge in [-0.3, -0.25) is 4.79 Å². The van der Waals surface area contributed by atoms with Gasteiger partial charge in [0.25, 0.3) is 0 Å². The number of hydrogen-bond acceptors (Lipinski definition) is 6. The van der Waals surface area contributed by atoms with Crippen LogP contribution in [0.5, 0.6) is 0 Å². The van der Waals surface area contributed by atoms with Crippen LogP contribution in [-0.2, 0) is 14.3 Å². The van der Waals surface area contributed by atoms with Crippen LogP contribution in [0.3, 0.4) is 0 Å². The van der Waals surface area contributed by atoms with E-state index in [1.807, 2.05) is 0 Å². The SMILES string of the molecule is C=C[C@@H]([C@H](CCO)C(=O)O)N(C(=O)OC(C)(C)C)C(=O)OC(C)(C)C. The number of aliphatic carboxylic acids is 1. The summed E-state index contributed by atoms with van der Waals surface area (Å²) in [5, 5.41) is 18.5. The van der Waals surface area contributed by atoms with E-state index in [-0.39, 0.29) is 6.42 Å². The Morgan fingerprint density at radius 1 is 1.04 bits per heavy atom. The second-order valence-electron chi connectivity index (χ2n) is 7.51. The average Bonchev–Trinajstić information content (AvgIpc) is 2.37. The van der Waals surface area contributed by atoms with Crippen LogP contribution in [0.1, 0.15) is 48.0 Å². The summed E-state index contributed by atoms with van der Waals surface area (Å²) in [4.78, 5) is 37.2. The molecule has 2 atom stereocenters. The fraction of sp³-hybridized carbons (Fsp3) is 0.706. The molecule has 0 aliphatic rings. The Morgan fingerprint density at radius 2 is 1.44 bits per heavy atom. The van der Waals surface area contributed by atoms with Crippen molar-refractivity contribution in [2.75, 3.05) is 6.61 Å².